The van der Waals surface area contributed by atoms with Gasteiger partial charge in [-0.25, -0.2) is 0 Å². The summed E-state index contributed by atoms with van der Waals surface area (Å²) in [5, 5.41) is 0.695. The van der Waals surface area contributed by atoms with Gasteiger partial charge >= 0.3 is 0 Å². The lowest BCUT2D eigenvalue weighted by Gasteiger charge is -2.21. The molecule has 1 aromatic carbocycles. The molecule has 1 aromatic heterocycles. The molecule has 1 heterocycles. The number of nitrogens with one attached hydrogen (secondary N) is 1. The lowest BCUT2D eigenvalue weighted by atomic mass is 10.1. The fourth-order valence-corrected chi connectivity index (χ4v) is 3.02. The number of fused-ring (bicyclic) bond motifs is 1. The number of pyridine rings is 1. The van der Waals surface area contributed by atoms with Crippen molar-refractivity contribution < 1.29 is 4.74 Å². The van der Waals surface area contributed by atoms with Gasteiger partial charge in [0.2, 0.25) is 0 Å². The minimum Gasteiger partial charge on any atom is -0.492 e. The molecule has 142 valence electrons. The summed E-state index contributed by atoms with van der Waals surface area (Å²) in [7, 11) is 0. The maximum absolute atomic E-state index is 12.3. The van der Waals surface area contributed by atoms with Crippen LogP contribution in [0.25, 0.3) is 16.5 Å². The second-order valence-electron chi connectivity index (χ2n) is 6.77. The Morgan fingerprint density at radius 3 is 2.65 bits per heavy atom. The molecule has 0 aliphatic rings. The first-order valence-electron chi connectivity index (χ1n) is 9.74. The first-order valence-corrected chi connectivity index (χ1v) is 9.74. The number of unbranched alkanes of at least 4 members (excludes halogenated alkanes) is 1. The Morgan fingerprint density at radius 2 is 1.96 bits per heavy atom. The molecular formula is C22H32N2O2. The number of aromatic nitrogens is 1. The first-order chi connectivity index (χ1) is 12.6. The van der Waals surface area contributed by atoms with Crippen LogP contribution in [0.5, 0.6) is 5.75 Å². The van der Waals surface area contributed by atoms with E-state index in [4.69, 9.17) is 4.74 Å². The summed E-state index contributed by atoms with van der Waals surface area (Å²) in [6.07, 6.45) is 5.60. The van der Waals surface area contributed by atoms with Crippen LogP contribution in [0, 0.1) is 0 Å². The minimum absolute atomic E-state index is 0.0372. The van der Waals surface area contributed by atoms with Crippen LogP contribution in [-0.4, -0.2) is 36.1 Å². The molecule has 0 saturated heterocycles. The van der Waals surface area contributed by atoms with Gasteiger partial charge in [-0.3, -0.25) is 9.69 Å². The van der Waals surface area contributed by atoms with Gasteiger partial charge in [-0.1, -0.05) is 26.3 Å². The quantitative estimate of drug-likeness (QED) is 0.662. The van der Waals surface area contributed by atoms with Gasteiger partial charge in [0.15, 0.2) is 5.43 Å². The fourth-order valence-electron chi connectivity index (χ4n) is 3.02. The highest BCUT2D eigenvalue weighted by molar-refractivity contribution is 5.82. The van der Waals surface area contributed by atoms with Crippen LogP contribution in [0.3, 0.4) is 0 Å². The largest absolute Gasteiger partial charge is 0.492 e. The van der Waals surface area contributed by atoms with Crippen LogP contribution in [-0.2, 0) is 0 Å². The Kier molecular flexibility index (Phi) is 7.92. The lowest BCUT2D eigenvalue weighted by molar-refractivity contribution is 0.207. The number of ether oxygens (including phenoxy) is 1. The fraction of sp³-hybridized carbons (Fsp3) is 0.500. The molecule has 0 spiro atoms. The average Bonchev–Trinajstić information content (AvgIpc) is 2.65. The number of benzene rings is 1. The van der Waals surface area contributed by atoms with E-state index in [0.29, 0.717) is 12.0 Å². The summed E-state index contributed by atoms with van der Waals surface area (Å²) < 4.78 is 5.96. The standard InChI is InChI=1S/C22H32N2O2/c1-5-8-12-24(11-6-2)13-14-26-18-9-10-19-21(15-18)23-20(16-22(19)25)17(4)7-3/h7,9-10,15-16H,5-6,8,11-14H2,1-4H3,(H,23,25)/b17-7+. The maximum Gasteiger partial charge on any atom is 0.190 e. The third-order valence-electron chi connectivity index (χ3n) is 4.70. The summed E-state index contributed by atoms with van der Waals surface area (Å²) in [4.78, 5) is 18.1. The number of allylic oxidation sites excluding steroid dienone is 2. The normalized spacial score (nSPS) is 12.1. The molecule has 0 bridgehead atoms. The highest BCUT2D eigenvalue weighted by Gasteiger charge is 2.07. The average molecular weight is 357 g/mol. The summed E-state index contributed by atoms with van der Waals surface area (Å²) in [6.45, 7) is 12.2. The SMILES string of the molecule is C/C=C(\C)c1cc(=O)c2ccc(OCCN(CCC)CCCC)cc2[nH]1. The van der Waals surface area contributed by atoms with Crippen LogP contribution in [0.15, 0.2) is 35.1 Å². The summed E-state index contributed by atoms with van der Waals surface area (Å²) in [5.74, 6) is 0.801. The van der Waals surface area contributed by atoms with E-state index in [-0.39, 0.29) is 5.43 Å². The van der Waals surface area contributed by atoms with E-state index in [1.807, 2.05) is 38.1 Å². The van der Waals surface area contributed by atoms with Gasteiger partial charge in [-0.05, 0) is 57.5 Å². The highest BCUT2D eigenvalue weighted by atomic mass is 16.5. The van der Waals surface area contributed by atoms with Crippen molar-refractivity contribution >= 4 is 16.5 Å². The van der Waals surface area contributed by atoms with Crippen molar-refractivity contribution in [3.05, 3.63) is 46.3 Å². The van der Waals surface area contributed by atoms with Crippen molar-refractivity contribution in [2.75, 3.05) is 26.2 Å². The van der Waals surface area contributed by atoms with Crippen molar-refractivity contribution in [3.63, 3.8) is 0 Å². The Bertz CT molecular complexity index is 792. The molecule has 4 nitrogen and oxygen atoms in total. The number of H-pyrrole nitrogens is 1. The smallest absolute Gasteiger partial charge is 0.190 e. The van der Waals surface area contributed by atoms with E-state index in [9.17, 15) is 4.79 Å². The Labute approximate surface area is 156 Å². The number of nitrogens with zero attached hydrogens (tertiary/aromatic N) is 1. The van der Waals surface area contributed by atoms with Gasteiger partial charge in [0, 0.05) is 29.8 Å². The van der Waals surface area contributed by atoms with E-state index < -0.39 is 0 Å². The third-order valence-corrected chi connectivity index (χ3v) is 4.70. The zero-order chi connectivity index (χ0) is 18.9. The molecular weight excluding hydrogens is 324 g/mol. The van der Waals surface area contributed by atoms with Gasteiger partial charge in [-0.15, -0.1) is 0 Å². The molecule has 26 heavy (non-hydrogen) atoms. The van der Waals surface area contributed by atoms with Crippen LogP contribution in [0.4, 0.5) is 0 Å². The molecule has 0 aliphatic heterocycles. The summed E-state index contributed by atoms with van der Waals surface area (Å²) in [5.41, 5.74) is 2.77. The third kappa shape index (κ3) is 5.46. The van der Waals surface area contributed by atoms with E-state index in [1.165, 1.54) is 12.8 Å². The zero-order valence-electron chi connectivity index (χ0n) is 16.6. The van der Waals surface area contributed by atoms with E-state index >= 15 is 0 Å². The van der Waals surface area contributed by atoms with Crippen molar-refractivity contribution in [1.82, 2.24) is 9.88 Å². The molecule has 0 unspecified atom stereocenters. The Morgan fingerprint density at radius 1 is 1.15 bits per heavy atom. The molecule has 0 radical (unpaired) electrons. The molecule has 4 heteroatoms. The molecule has 0 fully saturated rings. The van der Waals surface area contributed by atoms with E-state index in [2.05, 4.69) is 23.7 Å². The van der Waals surface area contributed by atoms with Crippen molar-refractivity contribution in [2.45, 2.75) is 47.0 Å². The van der Waals surface area contributed by atoms with Crippen molar-refractivity contribution in [3.8, 4) is 5.75 Å². The molecule has 1 N–H and O–H groups in total. The number of rotatable bonds is 10. The minimum atomic E-state index is 0.0372. The Balaban J connectivity index is 2.09. The Hall–Kier alpha value is -2.07. The van der Waals surface area contributed by atoms with Gasteiger partial charge in [0.25, 0.3) is 0 Å². The molecule has 2 rings (SSSR count). The van der Waals surface area contributed by atoms with E-state index in [0.717, 1.165) is 48.6 Å². The topological polar surface area (TPSA) is 45.3 Å². The predicted molar refractivity (Wildman–Crippen MR) is 111 cm³/mol. The second-order valence-corrected chi connectivity index (χ2v) is 6.77. The second kappa shape index (κ2) is 10.2. The first kappa shape index (κ1) is 20.2. The van der Waals surface area contributed by atoms with Gasteiger partial charge in [-0.2, -0.15) is 0 Å². The van der Waals surface area contributed by atoms with Crippen LogP contribution in [0.2, 0.25) is 0 Å². The number of hydrogen-bond donors (Lipinski definition) is 1. The zero-order valence-corrected chi connectivity index (χ0v) is 16.6. The van der Waals surface area contributed by atoms with E-state index in [1.54, 1.807) is 6.07 Å². The lowest BCUT2D eigenvalue weighted by Crippen LogP contribution is -2.30. The van der Waals surface area contributed by atoms with Crippen LogP contribution in [0.1, 0.15) is 52.7 Å². The highest BCUT2D eigenvalue weighted by Crippen LogP contribution is 2.19. The number of hydrogen-bond acceptors (Lipinski definition) is 3. The monoisotopic (exact) mass is 356 g/mol. The van der Waals surface area contributed by atoms with Crippen molar-refractivity contribution in [2.24, 2.45) is 0 Å². The summed E-state index contributed by atoms with van der Waals surface area (Å²) >= 11 is 0. The molecule has 0 amide bonds. The van der Waals surface area contributed by atoms with Crippen molar-refractivity contribution in [1.29, 1.82) is 0 Å². The predicted octanol–water partition coefficient (Wildman–Crippen LogP) is 4.84. The van der Waals surface area contributed by atoms with Crippen LogP contribution < -0.4 is 10.2 Å². The summed E-state index contributed by atoms with van der Waals surface area (Å²) in [6, 6.07) is 7.32. The molecule has 0 atom stereocenters. The molecule has 2 aromatic rings. The van der Waals surface area contributed by atoms with Crippen LogP contribution >= 0.6 is 0 Å². The van der Waals surface area contributed by atoms with Gasteiger partial charge < -0.3 is 9.72 Å². The molecule has 0 aliphatic carbocycles. The van der Waals surface area contributed by atoms with Gasteiger partial charge in [0.05, 0.1) is 5.52 Å². The molecule has 0 saturated carbocycles. The maximum atomic E-state index is 12.3. The van der Waals surface area contributed by atoms with Gasteiger partial charge in [0.1, 0.15) is 12.4 Å². The number of aromatic amines is 1.